The maximum absolute atomic E-state index is 12.7. The van der Waals surface area contributed by atoms with E-state index in [1.165, 1.54) is 13.2 Å². The predicted octanol–water partition coefficient (Wildman–Crippen LogP) is 5.41. The molecule has 0 saturated heterocycles. The number of rotatable bonds is 6. The minimum absolute atomic E-state index is 0.0671. The van der Waals surface area contributed by atoms with E-state index in [1.807, 2.05) is 35.7 Å². The van der Waals surface area contributed by atoms with E-state index >= 15 is 0 Å². The minimum Gasteiger partial charge on any atom is -0.492 e. The Bertz CT molecular complexity index is 1210. The summed E-state index contributed by atoms with van der Waals surface area (Å²) in [5.74, 6) is -0.299. The van der Waals surface area contributed by atoms with Crippen LogP contribution in [0.4, 0.5) is 11.4 Å². The summed E-state index contributed by atoms with van der Waals surface area (Å²) in [5.41, 5.74) is 1.70. The number of benzene rings is 2. The Hall–Kier alpha value is -3.84. The third-order valence-electron chi connectivity index (χ3n) is 4.29. The van der Waals surface area contributed by atoms with Crippen molar-refractivity contribution in [1.82, 2.24) is 0 Å². The van der Waals surface area contributed by atoms with Gasteiger partial charge < -0.3 is 19.8 Å². The van der Waals surface area contributed by atoms with Gasteiger partial charge in [-0.05, 0) is 47.9 Å². The Morgan fingerprint density at radius 1 is 1.00 bits per heavy atom. The number of carbonyl (C=O) groups excluding carboxylic acids is 2. The van der Waals surface area contributed by atoms with Gasteiger partial charge in [-0.2, -0.15) is 0 Å². The van der Waals surface area contributed by atoms with E-state index in [2.05, 4.69) is 10.6 Å². The first-order valence-corrected chi connectivity index (χ1v) is 10.0. The first-order valence-electron chi connectivity index (χ1n) is 9.13. The maximum atomic E-state index is 12.7. The number of carbonyl (C=O) groups is 2. The third-order valence-corrected chi connectivity index (χ3v) is 5.13. The number of hydrogen-bond acceptors (Lipinski definition) is 5. The lowest BCUT2D eigenvalue weighted by molar-refractivity contribution is -0.111. The van der Waals surface area contributed by atoms with Crippen LogP contribution in [0, 0.1) is 0 Å². The Labute approximate surface area is 176 Å². The summed E-state index contributed by atoms with van der Waals surface area (Å²) in [6.45, 7) is 0. The van der Waals surface area contributed by atoms with E-state index in [0.29, 0.717) is 28.1 Å². The lowest BCUT2D eigenvalue weighted by atomic mass is 10.2. The van der Waals surface area contributed by atoms with Crippen LogP contribution < -0.4 is 15.4 Å². The van der Waals surface area contributed by atoms with Gasteiger partial charge in [0.15, 0.2) is 5.75 Å². The average Bonchev–Trinajstić information content (AvgIpc) is 3.40. The summed E-state index contributed by atoms with van der Waals surface area (Å²) in [4.78, 5) is 25.9. The van der Waals surface area contributed by atoms with E-state index in [4.69, 9.17) is 9.15 Å². The number of hydrogen-bond donors (Lipinski definition) is 2. The first kappa shape index (κ1) is 19.5. The first-order chi connectivity index (χ1) is 14.6. The zero-order valence-electron chi connectivity index (χ0n) is 16.0. The molecule has 30 heavy (non-hydrogen) atoms. The summed E-state index contributed by atoms with van der Waals surface area (Å²) in [6.07, 6.45) is 3.23. The molecule has 2 amide bonds. The number of nitrogens with one attached hydrogen (secondary N) is 2. The van der Waals surface area contributed by atoms with Gasteiger partial charge in [0, 0.05) is 22.3 Å². The van der Waals surface area contributed by atoms with Crippen LogP contribution in [0.25, 0.3) is 17.0 Å². The second-order valence-electron chi connectivity index (χ2n) is 6.33. The number of para-hydroxylation sites is 1. The average molecular weight is 418 g/mol. The van der Waals surface area contributed by atoms with Crippen LogP contribution in [0.5, 0.6) is 5.75 Å². The Morgan fingerprint density at radius 3 is 2.57 bits per heavy atom. The molecular formula is C23H18N2O4S. The van der Waals surface area contributed by atoms with Crippen molar-refractivity contribution in [2.24, 2.45) is 0 Å². The van der Waals surface area contributed by atoms with Crippen molar-refractivity contribution in [2.75, 3.05) is 17.7 Å². The molecule has 0 aliphatic rings. The summed E-state index contributed by atoms with van der Waals surface area (Å²) in [5, 5.41) is 8.13. The molecule has 0 radical (unpaired) electrons. The number of ether oxygens (including phenoxy) is 1. The molecule has 0 aliphatic carbocycles. The highest BCUT2D eigenvalue weighted by Gasteiger charge is 2.22. The molecule has 0 bridgehead atoms. The van der Waals surface area contributed by atoms with Gasteiger partial charge >= 0.3 is 0 Å². The lowest BCUT2D eigenvalue weighted by Crippen LogP contribution is -2.11. The topological polar surface area (TPSA) is 80.6 Å². The summed E-state index contributed by atoms with van der Waals surface area (Å²) in [6, 6.07) is 18.1. The highest BCUT2D eigenvalue weighted by molar-refractivity contribution is 7.10. The van der Waals surface area contributed by atoms with Gasteiger partial charge in [0.25, 0.3) is 5.91 Å². The molecule has 0 saturated carbocycles. The van der Waals surface area contributed by atoms with Gasteiger partial charge in [-0.15, -0.1) is 11.3 Å². The van der Waals surface area contributed by atoms with E-state index < -0.39 is 5.91 Å². The van der Waals surface area contributed by atoms with Crippen molar-refractivity contribution in [1.29, 1.82) is 0 Å². The molecule has 2 aromatic heterocycles. The third kappa shape index (κ3) is 4.26. The monoisotopic (exact) mass is 418 g/mol. The number of furan rings is 1. The van der Waals surface area contributed by atoms with Crippen molar-refractivity contribution >= 4 is 51.6 Å². The van der Waals surface area contributed by atoms with Crippen LogP contribution in [0.2, 0.25) is 0 Å². The molecule has 2 aromatic carbocycles. The van der Waals surface area contributed by atoms with Crippen molar-refractivity contribution in [3.8, 4) is 5.75 Å². The highest BCUT2D eigenvalue weighted by Crippen LogP contribution is 2.35. The molecule has 7 heteroatoms. The smallest absolute Gasteiger partial charge is 0.295 e. The van der Waals surface area contributed by atoms with E-state index in [-0.39, 0.29) is 11.7 Å². The van der Waals surface area contributed by atoms with Crippen LogP contribution in [-0.2, 0) is 4.79 Å². The van der Waals surface area contributed by atoms with Gasteiger partial charge in [-0.3, -0.25) is 9.59 Å². The fraction of sp³-hybridized carbons (Fsp3) is 0.0435. The summed E-state index contributed by atoms with van der Waals surface area (Å²) >= 11 is 1.55. The Morgan fingerprint density at radius 2 is 1.83 bits per heavy atom. The number of amides is 2. The van der Waals surface area contributed by atoms with Gasteiger partial charge in [0.05, 0.1) is 12.5 Å². The van der Waals surface area contributed by atoms with Crippen LogP contribution in [0.15, 0.2) is 76.5 Å². The Balaban J connectivity index is 1.56. The number of anilines is 2. The fourth-order valence-corrected chi connectivity index (χ4v) is 3.56. The molecule has 0 unspecified atom stereocenters. The molecule has 0 atom stereocenters. The fourth-order valence-electron chi connectivity index (χ4n) is 2.94. The molecule has 2 heterocycles. The lowest BCUT2D eigenvalue weighted by Gasteiger charge is -2.04. The van der Waals surface area contributed by atoms with Crippen molar-refractivity contribution in [2.45, 2.75) is 0 Å². The molecule has 150 valence electrons. The number of thiophene rings is 1. The Kier molecular flexibility index (Phi) is 5.63. The van der Waals surface area contributed by atoms with Crippen molar-refractivity contribution < 1.29 is 18.7 Å². The standard InChI is InChI=1S/C23H18N2O4S/c1-28-21-18-14-16(24-20(26)12-10-17-8-5-13-30-17)9-11-19(18)29-22(21)23(27)25-15-6-3-2-4-7-15/h2-14H,1H3,(H,24,26)(H,25,27)/b12-10+. The minimum atomic E-state index is -0.418. The van der Waals surface area contributed by atoms with Gasteiger partial charge in [0.1, 0.15) is 5.58 Å². The largest absolute Gasteiger partial charge is 0.492 e. The molecule has 2 N–H and O–H groups in total. The zero-order valence-corrected chi connectivity index (χ0v) is 16.9. The second kappa shape index (κ2) is 8.67. The summed E-state index contributed by atoms with van der Waals surface area (Å²) in [7, 11) is 1.47. The molecule has 4 aromatic rings. The number of methoxy groups -OCH3 is 1. The van der Waals surface area contributed by atoms with E-state index in [9.17, 15) is 9.59 Å². The number of fused-ring (bicyclic) bond motifs is 1. The maximum Gasteiger partial charge on any atom is 0.295 e. The molecule has 6 nitrogen and oxygen atoms in total. The van der Waals surface area contributed by atoms with Crippen LogP contribution in [0.1, 0.15) is 15.4 Å². The van der Waals surface area contributed by atoms with Crippen LogP contribution >= 0.6 is 11.3 Å². The predicted molar refractivity (Wildman–Crippen MR) is 119 cm³/mol. The molecule has 4 rings (SSSR count). The normalized spacial score (nSPS) is 11.0. The summed E-state index contributed by atoms with van der Waals surface area (Å²) < 4.78 is 11.2. The van der Waals surface area contributed by atoms with Crippen molar-refractivity contribution in [3.05, 3.63) is 82.8 Å². The van der Waals surface area contributed by atoms with Gasteiger partial charge in [-0.1, -0.05) is 24.3 Å². The molecule has 0 aliphatic heterocycles. The molecular weight excluding hydrogens is 400 g/mol. The SMILES string of the molecule is COc1c(C(=O)Nc2ccccc2)oc2ccc(NC(=O)/C=C/c3cccs3)cc12. The van der Waals surface area contributed by atoms with Crippen molar-refractivity contribution in [3.63, 3.8) is 0 Å². The quantitative estimate of drug-likeness (QED) is 0.411. The molecule has 0 spiro atoms. The van der Waals surface area contributed by atoms with E-state index in [1.54, 1.807) is 47.7 Å². The van der Waals surface area contributed by atoms with E-state index in [0.717, 1.165) is 4.88 Å². The zero-order chi connectivity index (χ0) is 20.9. The second-order valence-corrected chi connectivity index (χ2v) is 7.31. The van der Waals surface area contributed by atoms with Gasteiger partial charge in [0.2, 0.25) is 11.7 Å². The van der Waals surface area contributed by atoms with Gasteiger partial charge in [-0.25, -0.2) is 0 Å². The van der Waals surface area contributed by atoms with Crippen LogP contribution in [-0.4, -0.2) is 18.9 Å². The molecule has 0 fully saturated rings. The van der Waals surface area contributed by atoms with Crippen LogP contribution in [0.3, 0.4) is 0 Å². The highest BCUT2D eigenvalue weighted by atomic mass is 32.1.